The van der Waals surface area contributed by atoms with E-state index in [0.717, 1.165) is 29.2 Å². The van der Waals surface area contributed by atoms with Gasteiger partial charge in [0.1, 0.15) is 17.3 Å². The van der Waals surface area contributed by atoms with Gasteiger partial charge in [-0.1, -0.05) is 6.92 Å². The van der Waals surface area contributed by atoms with E-state index in [9.17, 15) is 0 Å². The first kappa shape index (κ1) is 10.7. The fraction of sp³-hybridized carbons (Fsp3) is 0.455. The Kier molecular flexibility index (Phi) is 2.46. The summed E-state index contributed by atoms with van der Waals surface area (Å²) < 4.78 is 3.71. The molecule has 5 nitrogen and oxygen atoms in total. The van der Waals surface area contributed by atoms with E-state index >= 15 is 0 Å². The van der Waals surface area contributed by atoms with Gasteiger partial charge in [-0.2, -0.15) is 5.10 Å². The zero-order chi connectivity index (χ0) is 11.9. The Balaban J connectivity index is 2.60. The standard InChI is InChI=1S/C11H17N5/c1-5-9-13-10(11(12)16(9)4)8-6-15(3)14-7(8)2/h6H,5,12H2,1-4H3. The van der Waals surface area contributed by atoms with Crippen molar-refractivity contribution in [2.24, 2.45) is 14.1 Å². The average molecular weight is 219 g/mol. The van der Waals surface area contributed by atoms with Crippen LogP contribution in [0.5, 0.6) is 0 Å². The zero-order valence-electron chi connectivity index (χ0n) is 10.2. The molecule has 0 aliphatic heterocycles. The largest absolute Gasteiger partial charge is 0.383 e. The lowest BCUT2D eigenvalue weighted by molar-refractivity contribution is 0.756. The van der Waals surface area contributed by atoms with E-state index in [2.05, 4.69) is 17.0 Å². The van der Waals surface area contributed by atoms with Crippen molar-refractivity contribution in [3.8, 4) is 11.3 Å². The second-order valence-corrected chi connectivity index (χ2v) is 3.98. The number of rotatable bonds is 2. The van der Waals surface area contributed by atoms with E-state index in [1.54, 1.807) is 4.68 Å². The minimum Gasteiger partial charge on any atom is -0.383 e. The van der Waals surface area contributed by atoms with Crippen LogP contribution in [0, 0.1) is 6.92 Å². The Bertz CT molecular complexity index is 521. The van der Waals surface area contributed by atoms with Gasteiger partial charge in [-0.05, 0) is 6.92 Å². The van der Waals surface area contributed by atoms with E-state index in [1.807, 2.05) is 31.8 Å². The summed E-state index contributed by atoms with van der Waals surface area (Å²) in [5, 5.41) is 4.31. The van der Waals surface area contributed by atoms with Crippen LogP contribution in [0.3, 0.4) is 0 Å². The molecule has 2 heterocycles. The summed E-state index contributed by atoms with van der Waals surface area (Å²) in [5.74, 6) is 1.70. The minimum atomic E-state index is 0.702. The maximum absolute atomic E-state index is 6.05. The van der Waals surface area contributed by atoms with Crippen molar-refractivity contribution in [3.05, 3.63) is 17.7 Å². The molecule has 86 valence electrons. The quantitative estimate of drug-likeness (QED) is 0.827. The third-order valence-electron chi connectivity index (χ3n) is 2.82. The van der Waals surface area contributed by atoms with Gasteiger partial charge in [0.25, 0.3) is 0 Å². The van der Waals surface area contributed by atoms with Crippen LogP contribution in [0.2, 0.25) is 0 Å². The molecule has 16 heavy (non-hydrogen) atoms. The Labute approximate surface area is 94.9 Å². The molecule has 0 spiro atoms. The first-order chi connectivity index (χ1) is 7.54. The monoisotopic (exact) mass is 219 g/mol. The average Bonchev–Trinajstić information content (AvgIpc) is 2.70. The molecule has 0 aromatic carbocycles. The van der Waals surface area contributed by atoms with Crippen molar-refractivity contribution in [1.29, 1.82) is 0 Å². The summed E-state index contributed by atoms with van der Waals surface area (Å²) in [5.41, 5.74) is 8.85. The molecule has 0 amide bonds. The van der Waals surface area contributed by atoms with E-state index in [-0.39, 0.29) is 0 Å². The number of aryl methyl sites for hydroxylation is 3. The maximum atomic E-state index is 6.05. The Morgan fingerprint density at radius 2 is 2.06 bits per heavy atom. The lowest BCUT2D eigenvalue weighted by atomic mass is 10.2. The highest BCUT2D eigenvalue weighted by molar-refractivity contribution is 5.72. The van der Waals surface area contributed by atoms with Crippen LogP contribution in [0.4, 0.5) is 5.82 Å². The van der Waals surface area contributed by atoms with E-state index < -0.39 is 0 Å². The first-order valence-electron chi connectivity index (χ1n) is 5.36. The molecule has 2 aromatic heterocycles. The highest BCUT2D eigenvalue weighted by Crippen LogP contribution is 2.27. The third kappa shape index (κ3) is 1.48. The van der Waals surface area contributed by atoms with Gasteiger partial charge in [0.05, 0.1) is 5.69 Å². The number of anilines is 1. The lowest BCUT2D eigenvalue weighted by Crippen LogP contribution is -2.00. The van der Waals surface area contributed by atoms with Gasteiger partial charge < -0.3 is 10.3 Å². The lowest BCUT2D eigenvalue weighted by Gasteiger charge is -1.99. The van der Waals surface area contributed by atoms with Crippen LogP contribution < -0.4 is 5.73 Å². The second-order valence-electron chi connectivity index (χ2n) is 3.98. The van der Waals surface area contributed by atoms with Crippen LogP contribution in [0.1, 0.15) is 18.4 Å². The molecule has 2 aromatic rings. The van der Waals surface area contributed by atoms with Crippen LogP contribution >= 0.6 is 0 Å². The fourth-order valence-corrected chi connectivity index (χ4v) is 1.91. The normalized spacial score (nSPS) is 11.0. The molecular formula is C11H17N5. The molecule has 0 atom stereocenters. The summed E-state index contributed by atoms with van der Waals surface area (Å²) in [7, 11) is 3.84. The van der Waals surface area contributed by atoms with Crippen LogP contribution in [-0.4, -0.2) is 19.3 Å². The van der Waals surface area contributed by atoms with Crippen molar-refractivity contribution in [3.63, 3.8) is 0 Å². The topological polar surface area (TPSA) is 61.7 Å². The Morgan fingerprint density at radius 3 is 2.50 bits per heavy atom. The number of aromatic nitrogens is 4. The molecule has 0 aliphatic carbocycles. The molecule has 0 saturated heterocycles. The Morgan fingerprint density at radius 1 is 1.38 bits per heavy atom. The van der Waals surface area contributed by atoms with E-state index in [4.69, 9.17) is 5.73 Å². The molecule has 2 rings (SSSR count). The summed E-state index contributed by atoms with van der Waals surface area (Å²) in [6.45, 7) is 4.04. The molecule has 0 bridgehead atoms. The Hall–Kier alpha value is -1.78. The van der Waals surface area contributed by atoms with Gasteiger partial charge in [-0.15, -0.1) is 0 Å². The van der Waals surface area contributed by atoms with Crippen LogP contribution in [-0.2, 0) is 20.5 Å². The molecule has 0 unspecified atom stereocenters. The minimum absolute atomic E-state index is 0.702. The number of nitrogens with two attached hydrogens (primary N) is 1. The van der Waals surface area contributed by atoms with E-state index in [1.165, 1.54) is 0 Å². The van der Waals surface area contributed by atoms with Crippen molar-refractivity contribution >= 4 is 5.82 Å². The molecule has 0 radical (unpaired) electrons. The van der Waals surface area contributed by atoms with Crippen LogP contribution in [0.15, 0.2) is 6.20 Å². The number of hydrogen-bond acceptors (Lipinski definition) is 3. The van der Waals surface area contributed by atoms with Gasteiger partial charge in [0.15, 0.2) is 0 Å². The molecule has 2 N–H and O–H groups in total. The molecular weight excluding hydrogens is 202 g/mol. The summed E-state index contributed by atoms with van der Waals surface area (Å²) >= 11 is 0. The molecule has 0 fully saturated rings. The molecule has 0 aliphatic rings. The number of hydrogen-bond donors (Lipinski definition) is 1. The fourth-order valence-electron chi connectivity index (χ4n) is 1.91. The molecule has 0 saturated carbocycles. The van der Waals surface area contributed by atoms with Gasteiger partial charge in [-0.25, -0.2) is 4.98 Å². The SMILES string of the molecule is CCc1nc(-c2cn(C)nc2C)c(N)n1C. The first-order valence-corrected chi connectivity index (χ1v) is 5.36. The summed E-state index contributed by atoms with van der Waals surface area (Å²) in [4.78, 5) is 4.56. The van der Waals surface area contributed by atoms with Gasteiger partial charge in [0.2, 0.25) is 0 Å². The van der Waals surface area contributed by atoms with Gasteiger partial charge in [-0.3, -0.25) is 4.68 Å². The molecule has 5 heteroatoms. The van der Waals surface area contributed by atoms with Crippen molar-refractivity contribution < 1.29 is 0 Å². The highest BCUT2D eigenvalue weighted by Gasteiger charge is 2.16. The summed E-state index contributed by atoms with van der Waals surface area (Å²) in [6.07, 6.45) is 2.83. The van der Waals surface area contributed by atoms with Crippen molar-refractivity contribution in [1.82, 2.24) is 19.3 Å². The van der Waals surface area contributed by atoms with Gasteiger partial charge in [0, 0.05) is 32.3 Å². The maximum Gasteiger partial charge on any atom is 0.131 e. The van der Waals surface area contributed by atoms with Crippen molar-refractivity contribution in [2.45, 2.75) is 20.3 Å². The number of imidazole rings is 1. The predicted molar refractivity (Wildman–Crippen MR) is 63.9 cm³/mol. The third-order valence-corrected chi connectivity index (χ3v) is 2.82. The van der Waals surface area contributed by atoms with Crippen molar-refractivity contribution in [2.75, 3.05) is 5.73 Å². The predicted octanol–water partition coefficient (Wildman–Crippen LogP) is 1.27. The second kappa shape index (κ2) is 3.66. The van der Waals surface area contributed by atoms with E-state index in [0.29, 0.717) is 5.82 Å². The number of nitrogens with zero attached hydrogens (tertiary/aromatic N) is 4. The highest BCUT2D eigenvalue weighted by atomic mass is 15.3. The zero-order valence-corrected chi connectivity index (χ0v) is 10.2. The smallest absolute Gasteiger partial charge is 0.131 e. The summed E-state index contributed by atoms with van der Waals surface area (Å²) in [6, 6.07) is 0. The van der Waals surface area contributed by atoms with Gasteiger partial charge >= 0.3 is 0 Å². The van der Waals surface area contributed by atoms with Crippen LogP contribution in [0.25, 0.3) is 11.3 Å². The number of nitrogen functional groups attached to an aromatic ring is 1.